The van der Waals surface area contributed by atoms with Gasteiger partial charge < -0.3 is 0 Å². The first-order valence-electron chi connectivity index (χ1n) is 5.84. The van der Waals surface area contributed by atoms with E-state index in [-0.39, 0.29) is 23.1 Å². The van der Waals surface area contributed by atoms with Crippen LogP contribution in [0.1, 0.15) is 12.5 Å². The molecule has 1 saturated heterocycles. The van der Waals surface area contributed by atoms with Gasteiger partial charge in [0.15, 0.2) is 9.84 Å². The van der Waals surface area contributed by atoms with Gasteiger partial charge in [0.05, 0.1) is 39.8 Å². The maximum absolute atomic E-state index is 12.4. The van der Waals surface area contributed by atoms with E-state index in [0.717, 1.165) is 0 Å². The molecule has 0 spiro atoms. The molecule has 7 heteroatoms. The Morgan fingerprint density at radius 2 is 2.16 bits per heavy atom. The quantitative estimate of drug-likeness (QED) is 0.798. The van der Waals surface area contributed by atoms with Crippen LogP contribution in [-0.4, -0.2) is 29.5 Å². The van der Waals surface area contributed by atoms with Crippen molar-refractivity contribution in [3.8, 4) is 0 Å². The third-order valence-electron chi connectivity index (χ3n) is 3.36. The van der Waals surface area contributed by atoms with Gasteiger partial charge in [0.25, 0.3) is 5.56 Å². The second-order valence-corrected chi connectivity index (χ2v) is 7.28. The van der Waals surface area contributed by atoms with E-state index in [0.29, 0.717) is 22.3 Å². The predicted octanol–water partition coefficient (Wildman–Crippen LogP) is 1.41. The van der Waals surface area contributed by atoms with E-state index in [9.17, 15) is 13.2 Å². The molecular formula is C12H11ClN2O3S. The third-order valence-corrected chi connectivity index (χ3v) is 5.43. The lowest BCUT2D eigenvalue weighted by Gasteiger charge is -2.12. The number of nitrogens with zero attached hydrogens (tertiary/aromatic N) is 2. The maximum Gasteiger partial charge on any atom is 0.262 e. The minimum atomic E-state index is -3.04. The van der Waals surface area contributed by atoms with E-state index in [2.05, 4.69) is 4.98 Å². The Morgan fingerprint density at radius 1 is 1.37 bits per heavy atom. The van der Waals surface area contributed by atoms with Gasteiger partial charge in [-0.1, -0.05) is 17.7 Å². The standard InChI is InChI=1S/C12H11ClN2O3S/c13-9-2-1-3-10-11(9)12(16)15(7-14-10)8-4-5-19(17,18)6-8/h1-3,7-8H,4-6H2/t8-/m1/s1. The first-order chi connectivity index (χ1) is 8.98. The summed E-state index contributed by atoms with van der Waals surface area (Å²) in [7, 11) is -3.04. The topological polar surface area (TPSA) is 69.0 Å². The number of benzene rings is 1. The molecular weight excluding hydrogens is 288 g/mol. The Morgan fingerprint density at radius 3 is 2.84 bits per heavy atom. The van der Waals surface area contributed by atoms with Gasteiger partial charge in [0, 0.05) is 0 Å². The Kier molecular flexibility index (Phi) is 2.87. The largest absolute Gasteiger partial charge is 0.294 e. The van der Waals surface area contributed by atoms with Crippen LogP contribution in [0.2, 0.25) is 5.02 Å². The Balaban J connectivity index is 2.19. The average molecular weight is 299 g/mol. The minimum Gasteiger partial charge on any atom is -0.294 e. The van der Waals surface area contributed by atoms with Crippen molar-refractivity contribution in [2.24, 2.45) is 0 Å². The number of rotatable bonds is 1. The van der Waals surface area contributed by atoms with Crippen LogP contribution in [0.25, 0.3) is 10.9 Å². The van der Waals surface area contributed by atoms with Gasteiger partial charge in [-0.25, -0.2) is 13.4 Å². The van der Waals surface area contributed by atoms with Crippen LogP contribution >= 0.6 is 11.6 Å². The zero-order valence-electron chi connectivity index (χ0n) is 9.91. The van der Waals surface area contributed by atoms with Crippen LogP contribution in [0.4, 0.5) is 0 Å². The van der Waals surface area contributed by atoms with Crippen LogP contribution in [0.3, 0.4) is 0 Å². The summed E-state index contributed by atoms with van der Waals surface area (Å²) in [5.74, 6) is 0.106. The van der Waals surface area contributed by atoms with Gasteiger partial charge in [0.2, 0.25) is 0 Å². The van der Waals surface area contributed by atoms with Crippen molar-refractivity contribution in [2.75, 3.05) is 11.5 Å². The van der Waals surface area contributed by atoms with E-state index in [1.807, 2.05) is 0 Å². The smallest absolute Gasteiger partial charge is 0.262 e. The molecule has 1 aliphatic heterocycles. The maximum atomic E-state index is 12.4. The van der Waals surface area contributed by atoms with Crippen molar-refractivity contribution in [1.29, 1.82) is 0 Å². The molecule has 5 nitrogen and oxygen atoms in total. The van der Waals surface area contributed by atoms with Gasteiger partial charge >= 0.3 is 0 Å². The van der Waals surface area contributed by atoms with Crippen molar-refractivity contribution < 1.29 is 8.42 Å². The molecule has 1 aliphatic rings. The second kappa shape index (κ2) is 4.31. The summed E-state index contributed by atoms with van der Waals surface area (Å²) in [4.78, 5) is 16.6. The fourth-order valence-electron chi connectivity index (χ4n) is 2.39. The highest BCUT2D eigenvalue weighted by Crippen LogP contribution is 2.24. The highest BCUT2D eigenvalue weighted by molar-refractivity contribution is 7.91. The van der Waals surface area contributed by atoms with Gasteiger partial charge in [-0.15, -0.1) is 0 Å². The van der Waals surface area contributed by atoms with Crippen molar-refractivity contribution in [1.82, 2.24) is 9.55 Å². The Labute approximate surface area is 114 Å². The van der Waals surface area contributed by atoms with Crippen LogP contribution in [-0.2, 0) is 9.84 Å². The number of sulfone groups is 1. The van der Waals surface area contributed by atoms with Crippen molar-refractivity contribution >= 4 is 32.3 Å². The van der Waals surface area contributed by atoms with Crippen LogP contribution in [0, 0.1) is 0 Å². The third kappa shape index (κ3) is 2.15. The summed E-state index contributed by atoms with van der Waals surface area (Å²) < 4.78 is 24.4. The first-order valence-corrected chi connectivity index (χ1v) is 8.04. The molecule has 0 unspecified atom stereocenters. The van der Waals surface area contributed by atoms with Crippen molar-refractivity contribution in [3.63, 3.8) is 0 Å². The summed E-state index contributed by atoms with van der Waals surface area (Å²) in [6.45, 7) is 0. The lowest BCUT2D eigenvalue weighted by atomic mass is 10.2. The number of fused-ring (bicyclic) bond motifs is 1. The SMILES string of the molecule is O=c1c2c(Cl)cccc2ncn1[C@@H]1CCS(=O)(=O)C1. The van der Waals surface area contributed by atoms with Gasteiger partial charge in [-0.3, -0.25) is 9.36 Å². The lowest BCUT2D eigenvalue weighted by Crippen LogP contribution is -2.26. The normalized spacial score (nSPS) is 21.8. The van der Waals surface area contributed by atoms with Crippen LogP contribution < -0.4 is 5.56 Å². The molecule has 0 aliphatic carbocycles. The number of halogens is 1. The molecule has 0 bridgehead atoms. The number of hydrogen-bond acceptors (Lipinski definition) is 4. The molecule has 3 rings (SSSR count). The molecule has 0 amide bonds. The van der Waals surface area contributed by atoms with Crippen LogP contribution in [0.15, 0.2) is 29.3 Å². The van der Waals surface area contributed by atoms with E-state index in [1.54, 1.807) is 18.2 Å². The molecule has 2 aromatic rings. The number of hydrogen-bond donors (Lipinski definition) is 0. The first kappa shape index (κ1) is 12.6. The van der Waals surface area contributed by atoms with E-state index in [4.69, 9.17) is 11.6 Å². The highest BCUT2D eigenvalue weighted by atomic mass is 35.5. The highest BCUT2D eigenvalue weighted by Gasteiger charge is 2.30. The van der Waals surface area contributed by atoms with Crippen molar-refractivity contribution in [3.05, 3.63) is 39.9 Å². The monoisotopic (exact) mass is 298 g/mol. The van der Waals surface area contributed by atoms with Crippen LogP contribution in [0.5, 0.6) is 0 Å². The summed E-state index contributed by atoms with van der Waals surface area (Å²) >= 11 is 6.03. The fraction of sp³-hybridized carbons (Fsp3) is 0.333. The Hall–Kier alpha value is -1.40. The molecule has 0 radical (unpaired) electrons. The van der Waals surface area contributed by atoms with Gasteiger partial charge in [-0.2, -0.15) is 0 Å². The summed E-state index contributed by atoms with van der Waals surface area (Å²) in [5, 5.41) is 0.682. The summed E-state index contributed by atoms with van der Waals surface area (Å²) in [6.07, 6.45) is 1.85. The minimum absolute atomic E-state index is 0.00938. The lowest BCUT2D eigenvalue weighted by molar-refractivity contribution is 0.534. The second-order valence-electron chi connectivity index (χ2n) is 4.65. The molecule has 19 heavy (non-hydrogen) atoms. The van der Waals surface area contributed by atoms with E-state index >= 15 is 0 Å². The molecule has 1 aromatic carbocycles. The van der Waals surface area contributed by atoms with Gasteiger partial charge in [0.1, 0.15) is 0 Å². The summed E-state index contributed by atoms with van der Waals surface area (Å²) in [5.41, 5.74) is 0.243. The van der Waals surface area contributed by atoms with E-state index in [1.165, 1.54) is 10.9 Å². The molecule has 1 aromatic heterocycles. The zero-order chi connectivity index (χ0) is 13.6. The summed E-state index contributed by atoms with van der Waals surface area (Å²) in [6, 6.07) is 4.72. The molecule has 1 fully saturated rings. The van der Waals surface area contributed by atoms with Gasteiger partial charge in [-0.05, 0) is 18.6 Å². The van der Waals surface area contributed by atoms with Crippen molar-refractivity contribution in [2.45, 2.75) is 12.5 Å². The molecule has 100 valence electrons. The molecule has 0 N–H and O–H groups in total. The number of aromatic nitrogens is 2. The van der Waals surface area contributed by atoms with E-state index < -0.39 is 9.84 Å². The zero-order valence-corrected chi connectivity index (χ0v) is 11.5. The molecule has 2 heterocycles. The predicted molar refractivity (Wildman–Crippen MR) is 73.3 cm³/mol. The Bertz CT molecular complexity index is 813. The molecule has 0 saturated carbocycles. The average Bonchev–Trinajstić information content (AvgIpc) is 2.70. The molecule has 1 atom stereocenters. The fourth-order valence-corrected chi connectivity index (χ4v) is 4.35.